The minimum absolute atomic E-state index is 0.276. The molecule has 0 bridgehead atoms. The van der Waals surface area contributed by atoms with Gasteiger partial charge in [0.05, 0.1) is 25.3 Å². The van der Waals surface area contributed by atoms with Crippen molar-refractivity contribution in [3.63, 3.8) is 0 Å². The van der Waals surface area contributed by atoms with Gasteiger partial charge in [-0.05, 0) is 60.5 Å². The van der Waals surface area contributed by atoms with Crippen molar-refractivity contribution in [3.8, 4) is 0 Å². The van der Waals surface area contributed by atoms with Crippen LogP contribution in [0.1, 0.15) is 39.1 Å². The van der Waals surface area contributed by atoms with Crippen LogP contribution in [-0.4, -0.2) is 71.2 Å². The summed E-state index contributed by atoms with van der Waals surface area (Å²) in [6.07, 6.45) is 5.02. The monoisotopic (exact) mass is 496 g/mol. The van der Waals surface area contributed by atoms with E-state index in [2.05, 4.69) is 9.47 Å². The zero-order chi connectivity index (χ0) is 25.9. The maximum atomic E-state index is 11.5. The molecule has 2 aromatic carbocycles. The van der Waals surface area contributed by atoms with E-state index in [1.54, 1.807) is 20.3 Å². The van der Waals surface area contributed by atoms with Gasteiger partial charge in [0.25, 0.3) is 0 Å². The third-order valence-corrected chi connectivity index (χ3v) is 6.22. The van der Waals surface area contributed by atoms with Crippen LogP contribution >= 0.6 is 0 Å². The molecule has 0 saturated heterocycles. The van der Waals surface area contributed by atoms with Gasteiger partial charge >= 0.3 is 11.9 Å². The number of hydrogen-bond acceptors (Lipinski definition) is 7. The van der Waals surface area contributed by atoms with Crippen LogP contribution in [0.15, 0.2) is 48.7 Å². The average Bonchev–Trinajstić information content (AvgIpc) is 3.51. The van der Waals surface area contributed by atoms with Crippen LogP contribution in [0.3, 0.4) is 0 Å². The summed E-state index contributed by atoms with van der Waals surface area (Å²) in [5.74, 6) is -0.580. The van der Waals surface area contributed by atoms with Gasteiger partial charge in [0.2, 0.25) is 0 Å². The van der Waals surface area contributed by atoms with E-state index in [4.69, 9.17) is 18.9 Å². The quantitative estimate of drug-likeness (QED) is 0.305. The first kappa shape index (κ1) is 27.2. The summed E-state index contributed by atoms with van der Waals surface area (Å²) in [5.41, 5.74) is 4.72. The molecule has 1 aliphatic rings. The van der Waals surface area contributed by atoms with Crippen molar-refractivity contribution in [2.45, 2.75) is 25.8 Å². The molecule has 3 aromatic rings. The summed E-state index contributed by atoms with van der Waals surface area (Å²) in [7, 11) is 6.21. The van der Waals surface area contributed by atoms with Crippen molar-refractivity contribution >= 4 is 28.5 Å². The van der Waals surface area contributed by atoms with Gasteiger partial charge in [-0.15, -0.1) is 0 Å². The fourth-order valence-corrected chi connectivity index (χ4v) is 4.33. The number of carbonyl (C=O) groups is 2. The van der Waals surface area contributed by atoms with Gasteiger partial charge in [0.1, 0.15) is 0 Å². The molecule has 0 amide bonds. The van der Waals surface area contributed by atoms with E-state index in [1.165, 1.54) is 19.8 Å². The second-order valence-electron chi connectivity index (χ2n) is 8.54. The molecule has 0 saturated carbocycles. The van der Waals surface area contributed by atoms with E-state index in [1.807, 2.05) is 42.6 Å². The Morgan fingerprint density at radius 2 is 1.44 bits per heavy atom. The number of fused-ring (bicyclic) bond motifs is 2. The average molecular weight is 497 g/mol. The van der Waals surface area contributed by atoms with E-state index in [0.29, 0.717) is 11.1 Å². The lowest BCUT2D eigenvalue weighted by Gasteiger charge is -2.19. The fraction of sp³-hybridized carbons (Fsp3) is 0.429. The number of aromatic nitrogens is 1. The Bertz CT molecular complexity index is 1160. The lowest BCUT2D eigenvalue weighted by molar-refractivity contribution is 0.0592. The van der Waals surface area contributed by atoms with Crippen molar-refractivity contribution in [2.75, 3.05) is 59.6 Å². The topological polar surface area (TPSA) is 79.2 Å². The predicted octanol–water partition coefficient (Wildman–Crippen LogP) is 4.34. The van der Waals surface area contributed by atoms with Crippen LogP contribution in [0.25, 0.3) is 10.9 Å². The zero-order valence-corrected chi connectivity index (χ0v) is 21.6. The highest BCUT2D eigenvalue weighted by Crippen LogP contribution is 2.29. The van der Waals surface area contributed by atoms with Crippen molar-refractivity contribution in [2.24, 2.45) is 0 Å². The minimum Gasteiger partial charge on any atom is -0.465 e. The van der Waals surface area contributed by atoms with Crippen molar-refractivity contribution in [3.05, 3.63) is 65.4 Å². The molecule has 0 radical (unpaired) electrons. The van der Waals surface area contributed by atoms with E-state index in [0.717, 1.165) is 68.7 Å². The molecule has 2 heterocycles. The molecule has 1 aliphatic heterocycles. The van der Waals surface area contributed by atoms with Crippen LogP contribution in [0, 0.1) is 0 Å². The standard InChI is InChI=1S/C14H19NO3.C14H17NO3/c2*1-17-9-3-7-15-8-6-11-4-5-12(10-13(11)15)14(16)18-2/h4-5,10H,3,6-9H2,1-2H3;4-6,8,10H,3,7,9H2,1-2H3. The molecule has 1 aromatic heterocycles. The number of benzene rings is 2. The van der Waals surface area contributed by atoms with Gasteiger partial charge < -0.3 is 28.4 Å². The third-order valence-electron chi connectivity index (χ3n) is 6.22. The Morgan fingerprint density at radius 1 is 0.806 bits per heavy atom. The molecule has 0 N–H and O–H groups in total. The van der Waals surface area contributed by atoms with E-state index in [-0.39, 0.29) is 11.9 Å². The number of rotatable bonds is 10. The molecule has 194 valence electrons. The van der Waals surface area contributed by atoms with E-state index < -0.39 is 0 Å². The first-order valence-electron chi connectivity index (χ1n) is 12.1. The highest BCUT2D eigenvalue weighted by Gasteiger charge is 2.20. The number of anilines is 1. The molecule has 0 atom stereocenters. The molecular formula is C28H36N2O6. The summed E-state index contributed by atoms with van der Waals surface area (Å²) in [6.45, 7) is 4.36. The molecule has 0 aliphatic carbocycles. The maximum Gasteiger partial charge on any atom is 0.337 e. The van der Waals surface area contributed by atoms with E-state index >= 15 is 0 Å². The lowest BCUT2D eigenvalue weighted by atomic mass is 10.1. The molecule has 0 spiro atoms. The number of methoxy groups -OCH3 is 4. The van der Waals surface area contributed by atoms with Crippen LogP contribution in [-0.2, 0) is 31.9 Å². The van der Waals surface area contributed by atoms with Crippen LogP contribution in [0.2, 0.25) is 0 Å². The largest absolute Gasteiger partial charge is 0.465 e. The molecule has 4 rings (SSSR count). The predicted molar refractivity (Wildman–Crippen MR) is 140 cm³/mol. The Labute approximate surface area is 212 Å². The Morgan fingerprint density at radius 3 is 2.11 bits per heavy atom. The number of ether oxygens (including phenoxy) is 4. The summed E-state index contributed by atoms with van der Waals surface area (Å²) < 4.78 is 21.7. The zero-order valence-electron chi connectivity index (χ0n) is 21.6. The summed E-state index contributed by atoms with van der Waals surface area (Å²) >= 11 is 0. The van der Waals surface area contributed by atoms with E-state index in [9.17, 15) is 9.59 Å². The molecule has 0 unspecified atom stereocenters. The molecule has 8 nitrogen and oxygen atoms in total. The van der Waals surface area contributed by atoms with Crippen molar-refractivity contribution in [1.29, 1.82) is 0 Å². The fourth-order valence-electron chi connectivity index (χ4n) is 4.33. The van der Waals surface area contributed by atoms with Crippen molar-refractivity contribution in [1.82, 2.24) is 4.57 Å². The van der Waals surface area contributed by atoms with Gasteiger partial charge in [-0.1, -0.05) is 12.1 Å². The van der Waals surface area contributed by atoms with Crippen LogP contribution in [0.5, 0.6) is 0 Å². The van der Waals surface area contributed by atoms with Crippen LogP contribution in [0.4, 0.5) is 5.69 Å². The second-order valence-corrected chi connectivity index (χ2v) is 8.54. The Hall–Kier alpha value is -3.36. The SMILES string of the molecule is COCCCN1CCc2ccc(C(=O)OC)cc21.COCCCn1ccc2ccc(C(=O)OC)cc21. The lowest BCUT2D eigenvalue weighted by Crippen LogP contribution is -2.22. The highest BCUT2D eigenvalue weighted by atomic mass is 16.5. The number of nitrogens with zero attached hydrogens (tertiary/aromatic N) is 2. The maximum absolute atomic E-state index is 11.5. The van der Waals surface area contributed by atoms with Gasteiger partial charge in [-0.3, -0.25) is 0 Å². The molecule has 0 fully saturated rings. The Kier molecular flexibility index (Phi) is 10.3. The van der Waals surface area contributed by atoms with Gasteiger partial charge in [0.15, 0.2) is 0 Å². The number of aryl methyl sites for hydroxylation is 1. The minimum atomic E-state index is -0.304. The summed E-state index contributed by atoms with van der Waals surface area (Å²) in [4.78, 5) is 25.3. The number of hydrogen-bond donors (Lipinski definition) is 0. The molecular weight excluding hydrogens is 460 g/mol. The summed E-state index contributed by atoms with van der Waals surface area (Å²) in [6, 6.07) is 13.4. The normalized spacial score (nSPS) is 12.2. The van der Waals surface area contributed by atoms with Crippen LogP contribution < -0.4 is 4.90 Å². The number of esters is 2. The number of carbonyl (C=O) groups excluding carboxylic acids is 2. The summed E-state index contributed by atoms with van der Waals surface area (Å²) in [5, 5.41) is 1.13. The second kappa shape index (κ2) is 13.7. The van der Waals surface area contributed by atoms with Crippen molar-refractivity contribution < 1.29 is 28.5 Å². The Balaban J connectivity index is 0.000000201. The smallest absolute Gasteiger partial charge is 0.337 e. The molecule has 8 heteroatoms. The first-order valence-corrected chi connectivity index (χ1v) is 12.1. The van der Waals surface area contributed by atoms with Gasteiger partial charge in [-0.2, -0.15) is 0 Å². The van der Waals surface area contributed by atoms with Gasteiger partial charge in [-0.25, -0.2) is 9.59 Å². The first-order chi connectivity index (χ1) is 17.5. The highest BCUT2D eigenvalue weighted by molar-refractivity contribution is 5.94. The third kappa shape index (κ3) is 6.86. The van der Waals surface area contributed by atoms with Gasteiger partial charge in [0, 0.05) is 64.5 Å². The molecule has 36 heavy (non-hydrogen) atoms.